The zero-order valence-electron chi connectivity index (χ0n) is 14.3. The van der Waals surface area contributed by atoms with Crippen molar-refractivity contribution in [2.45, 2.75) is 25.0 Å². The molecule has 2 bridgehead atoms. The average Bonchev–Trinajstić information content (AvgIpc) is 2.62. The van der Waals surface area contributed by atoms with E-state index in [9.17, 15) is 4.39 Å². The summed E-state index contributed by atoms with van der Waals surface area (Å²) in [7, 11) is 1.59. The van der Waals surface area contributed by atoms with Gasteiger partial charge in [0.2, 0.25) is 0 Å². The minimum Gasteiger partial charge on any atom is -0.496 e. The fourth-order valence-corrected chi connectivity index (χ4v) is 3.83. The largest absolute Gasteiger partial charge is 0.496 e. The first kappa shape index (κ1) is 16.3. The van der Waals surface area contributed by atoms with Crippen molar-refractivity contribution in [3.63, 3.8) is 0 Å². The van der Waals surface area contributed by atoms with E-state index in [1.165, 1.54) is 23.3 Å². The third-order valence-corrected chi connectivity index (χ3v) is 5.06. The van der Waals surface area contributed by atoms with Crippen molar-refractivity contribution in [1.29, 1.82) is 0 Å². The van der Waals surface area contributed by atoms with E-state index in [2.05, 4.69) is 35.2 Å². The first-order valence-electron chi connectivity index (χ1n) is 8.66. The van der Waals surface area contributed by atoms with Crippen molar-refractivity contribution in [3.05, 3.63) is 71.6 Å². The zero-order chi connectivity index (χ0) is 17.2. The molecule has 0 saturated carbocycles. The van der Waals surface area contributed by atoms with Crippen LogP contribution in [0.15, 0.2) is 54.6 Å². The Bertz CT molecular complexity index is 775. The fourth-order valence-electron chi connectivity index (χ4n) is 3.83. The molecule has 2 unspecified atom stereocenters. The number of hydrogen-bond acceptors (Lipinski definition) is 3. The maximum absolute atomic E-state index is 13.5. The number of halogens is 1. The minimum absolute atomic E-state index is 0.234. The van der Waals surface area contributed by atoms with E-state index in [1.54, 1.807) is 7.11 Å². The lowest BCUT2D eigenvalue weighted by Gasteiger charge is -2.45. The number of ether oxygens (including phenoxy) is 2. The van der Waals surface area contributed by atoms with Crippen LogP contribution in [0.25, 0.3) is 5.57 Å². The first-order chi connectivity index (χ1) is 12.2. The molecule has 0 spiro atoms. The molecule has 0 amide bonds. The first-order valence-corrected chi connectivity index (χ1v) is 8.66. The van der Waals surface area contributed by atoms with Crippen LogP contribution in [-0.4, -0.2) is 37.3 Å². The predicted molar refractivity (Wildman–Crippen MR) is 95.9 cm³/mol. The van der Waals surface area contributed by atoms with Gasteiger partial charge in [-0.15, -0.1) is 0 Å². The second-order valence-electron chi connectivity index (χ2n) is 6.66. The summed E-state index contributed by atoms with van der Waals surface area (Å²) >= 11 is 0. The maximum Gasteiger partial charge on any atom is 0.129 e. The van der Waals surface area contributed by atoms with Gasteiger partial charge in [-0.1, -0.05) is 36.4 Å². The van der Waals surface area contributed by atoms with E-state index in [0.717, 1.165) is 25.1 Å². The number of morpholine rings is 1. The fraction of sp³-hybridized carbons (Fsp3) is 0.333. The SMILES string of the molecule is COc1cc(F)ccc1C1=CC2COCC(C1)N2Cc1ccccc1. The molecule has 2 aromatic carbocycles. The van der Waals surface area contributed by atoms with Crippen molar-refractivity contribution in [3.8, 4) is 5.75 Å². The molecule has 2 aliphatic rings. The Kier molecular flexibility index (Phi) is 4.55. The lowest BCUT2D eigenvalue weighted by atomic mass is 9.89. The summed E-state index contributed by atoms with van der Waals surface area (Å²) in [5.41, 5.74) is 3.52. The number of methoxy groups -OCH3 is 1. The lowest BCUT2D eigenvalue weighted by molar-refractivity contribution is -0.0403. The summed E-state index contributed by atoms with van der Waals surface area (Å²) in [6, 6.07) is 15.9. The monoisotopic (exact) mass is 339 g/mol. The van der Waals surface area contributed by atoms with Crippen LogP contribution in [0.5, 0.6) is 5.75 Å². The third-order valence-electron chi connectivity index (χ3n) is 5.06. The van der Waals surface area contributed by atoms with Crippen LogP contribution in [-0.2, 0) is 11.3 Å². The van der Waals surface area contributed by atoms with Crippen LogP contribution < -0.4 is 4.74 Å². The van der Waals surface area contributed by atoms with E-state index >= 15 is 0 Å². The molecule has 2 aromatic rings. The van der Waals surface area contributed by atoms with Crippen LogP contribution in [0, 0.1) is 5.82 Å². The van der Waals surface area contributed by atoms with E-state index in [1.807, 2.05) is 12.1 Å². The summed E-state index contributed by atoms with van der Waals surface area (Å²) in [6.45, 7) is 2.34. The lowest BCUT2D eigenvalue weighted by Crippen LogP contribution is -2.53. The highest BCUT2D eigenvalue weighted by atomic mass is 19.1. The summed E-state index contributed by atoms with van der Waals surface area (Å²) in [6.07, 6.45) is 3.14. The molecule has 0 radical (unpaired) electrons. The molecule has 1 fully saturated rings. The molecule has 3 nitrogen and oxygen atoms in total. The topological polar surface area (TPSA) is 21.7 Å². The molecule has 1 saturated heterocycles. The maximum atomic E-state index is 13.5. The van der Waals surface area contributed by atoms with Gasteiger partial charge in [0.05, 0.1) is 26.4 Å². The number of nitrogens with zero attached hydrogens (tertiary/aromatic N) is 1. The molecule has 2 heterocycles. The highest BCUT2D eigenvalue weighted by Crippen LogP contribution is 2.37. The van der Waals surface area contributed by atoms with Gasteiger partial charge in [0.1, 0.15) is 11.6 Å². The van der Waals surface area contributed by atoms with Crippen molar-refractivity contribution in [1.82, 2.24) is 4.90 Å². The van der Waals surface area contributed by atoms with Crippen molar-refractivity contribution in [2.75, 3.05) is 20.3 Å². The highest BCUT2D eigenvalue weighted by molar-refractivity contribution is 5.72. The molecule has 25 heavy (non-hydrogen) atoms. The van der Waals surface area contributed by atoms with Crippen LogP contribution >= 0.6 is 0 Å². The minimum atomic E-state index is -0.272. The second kappa shape index (κ2) is 6.98. The molecule has 0 N–H and O–H groups in total. The van der Waals surface area contributed by atoms with E-state index in [0.29, 0.717) is 18.4 Å². The molecular formula is C21H22FNO2. The summed E-state index contributed by atoms with van der Waals surface area (Å²) in [4.78, 5) is 2.51. The Morgan fingerprint density at radius 2 is 2.00 bits per heavy atom. The smallest absolute Gasteiger partial charge is 0.129 e. The standard InChI is InChI=1S/C21H22FNO2/c1-24-21-11-17(22)7-8-20(21)16-9-18-13-25-14-19(10-16)23(18)12-15-5-3-2-4-6-15/h2-9,11,18-19H,10,12-14H2,1H3. The van der Waals surface area contributed by atoms with Gasteiger partial charge in [-0.3, -0.25) is 4.90 Å². The van der Waals surface area contributed by atoms with Gasteiger partial charge < -0.3 is 9.47 Å². The molecule has 4 rings (SSSR count). The number of benzene rings is 2. The molecule has 130 valence electrons. The summed E-state index contributed by atoms with van der Waals surface area (Å²) < 4.78 is 24.7. The Morgan fingerprint density at radius 3 is 2.76 bits per heavy atom. The second-order valence-corrected chi connectivity index (χ2v) is 6.66. The average molecular weight is 339 g/mol. The molecular weight excluding hydrogens is 317 g/mol. The van der Waals surface area contributed by atoms with Crippen LogP contribution in [0.2, 0.25) is 0 Å². The van der Waals surface area contributed by atoms with E-state index in [4.69, 9.17) is 9.47 Å². The van der Waals surface area contributed by atoms with Gasteiger partial charge >= 0.3 is 0 Å². The van der Waals surface area contributed by atoms with Gasteiger partial charge in [0.25, 0.3) is 0 Å². The van der Waals surface area contributed by atoms with Crippen LogP contribution in [0.3, 0.4) is 0 Å². The molecule has 4 heteroatoms. The molecule has 0 aliphatic carbocycles. The van der Waals surface area contributed by atoms with Gasteiger partial charge in [-0.2, -0.15) is 0 Å². The predicted octanol–water partition coefficient (Wildman–Crippen LogP) is 3.89. The summed E-state index contributed by atoms with van der Waals surface area (Å²) in [5, 5.41) is 0. The van der Waals surface area contributed by atoms with Gasteiger partial charge in [0.15, 0.2) is 0 Å². The normalized spacial score (nSPS) is 23.2. The van der Waals surface area contributed by atoms with Crippen molar-refractivity contribution < 1.29 is 13.9 Å². The van der Waals surface area contributed by atoms with Crippen molar-refractivity contribution >= 4 is 5.57 Å². The quantitative estimate of drug-likeness (QED) is 0.843. The van der Waals surface area contributed by atoms with Gasteiger partial charge in [-0.25, -0.2) is 4.39 Å². The number of rotatable bonds is 4. The van der Waals surface area contributed by atoms with Gasteiger partial charge in [0, 0.05) is 24.2 Å². The van der Waals surface area contributed by atoms with Crippen LogP contribution in [0.4, 0.5) is 4.39 Å². The molecule has 2 atom stereocenters. The van der Waals surface area contributed by atoms with Crippen LogP contribution in [0.1, 0.15) is 17.5 Å². The van der Waals surface area contributed by atoms with Gasteiger partial charge in [-0.05, 0) is 29.7 Å². The molecule has 2 aliphatic heterocycles. The Hall–Kier alpha value is -2.17. The molecule has 0 aromatic heterocycles. The Morgan fingerprint density at radius 1 is 1.16 bits per heavy atom. The Labute approximate surface area is 147 Å². The van der Waals surface area contributed by atoms with E-state index in [-0.39, 0.29) is 11.9 Å². The Balaban J connectivity index is 1.63. The number of hydrogen-bond donors (Lipinski definition) is 0. The van der Waals surface area contributed by atoms with Crippen molar-refractivity contribution in [2.24, 2.45) is 0 Å². The summed E-state index contributed by atoms with van der Waals surface area (Å²) in [5.74, 6) is 0.327. The number of fused-ring (bicyclic) bond motifs is 2. The highest BCUT2D eigenvalue weighted by Gasteiger charge is 2.35. The third kappa shape index (κ3) is 3.32. The van der Waals surface area contributed by atoms with E-state index < -0.39 is 0 Å². The zero-order valence-corrected chi connectivity index (χ0v) is 14.3.